The molecule has 0 spiro atoms. The number of hydrogen-bond acceptors (Lipinski definition) is 5. The molecule has 0 bridgehead atoms. The minimum absolute atomic E-state index is 0.0410. The quantitative estimate of drug-likeness (QED) is 0.334. The van der Waals surface area contributed by atoms with E-state index in [-0.39, 0.29) is 28.1 Å². The van der Waals surface area contributed by atoms with Crippen LogP contribution in [0.3, 0.4) is 0 Å². The van der Waals surface area contributed by atoms with Gasteiger partial charge in [-0.25, -0.2) is 0 Å². The van der Waals surface area contributed by atoms with E-state index in [9.17, 15) is 20.0 Å². The van der Waals surface area contributed by atoms with Crippen molar-refractivity contribution in [3.8, 4) is 5.75 Å². The van der Waals surface area contributed by atoms with Crippen molar-refractivity contribution >= 4 is 34.6 Å². The zero-order valence-electron chi connectivity index (χ0n) is 11.3. The van der Waals surface area contributed by atoms with Crippen LogP contribution in [-0.2, 0) is 4.79 Å². The van der Waals surface area contributed by atoms with Gasteiger partial charge in [0, 0.05) is 17.5 Å². The third kappa shape index (κ3) is 4.16. The van der Waals surface area contributed by atoms with Gasteiger partial charge >= 0.3 is 0 Å². The van der Waals surface area contributed by atoms with Gasteiger partial charge < -0.3 is 15.7 Å². The lowest BCUT2D eigenvalue weighted by atomic mass is 9.96. The Bertz CT molecular complexity index is 566. The summed E-state index contributed by atoms with van der Waals surface area (Å²) in [6.07, 6.45) is 0. The van der Waals surface area contributed by atoms with Gasteiger partial charge in [-0.1, -0.05) is 20.8 Å². The first-order chi connectivity index (χ1) is 9.11. The van der Waals surface area contributed by atoms with Gasteiger partial charge in [0.2, 0.25) is 5.91 Å². The highest BCUT2D eigenvalue weighted by Gasteiger charge is 2.22. The van der Waals surface area contributed by atoms with Crippen molar-refractivity contribution in [2.24, 2.45) is 5.41 Å². The van der Waals surface area contributed by atoms with E-state index in [0.29, 0.717) is 0 Å². The second-order valence-corrected chi connectivity index (χ2v) is 5.53. The summed E-state index contributed by atoms with van der Waals surface area (Å²) in [6.45, 7) is 5.15. The number of aromatic hydroxyl groups is 1. The van der Waals surface area contributed by atoms with Gasteiger partial charge in [0.05, 0.1) is 10.6 Å². The molecule has 0 saturated carbocycles. The number of nitrogens with zero attached hydrogens (tertiary/aromatic N) is 1. The average molecular weight is 297 g/mol. The fourth-order valence-corrected chi connectivity index (χ4v) is 1.38. The maximum atomic E-state index is 11.7. The summed E-state index contributed by atoms with van der Waals surface area (Å²) in [5, 5.41) is 25.2. The van der Waals surface area contributed by atoms with Crippen LogP contribution in [0.2, 0.25) is 0 Å². The number of hydrogen-bond donors (Lipinski definition) is 3. The molecule has 0 saturated heterocycles. The van der Waals surface area contributed by atoms with Crippen LogP contribution < -0.4 is 10.6 Å². The Labute approximate surface area is 121 Å². The highest BCUT2D eigenvalue weighted by Crippen LogP contribution is 2.27. The third-order valence-electron chi connectivity index (χ3n) is 2.35. The van der Waals surface area contributed by atoms with Gasteiger partial charge in [-0.05, 0) is 18.3 Å². The lowest BCUT2D eigenvalue weighted by Gasteiger charge is -2.18. The van der Waals surface area contributed by atoms with Crippen molar-refractivity contribution in [3.05, 3.63) is 28.3 Å². The van der Waals surface area contributed by atoms with Crippen molar-refractivity contribution < 1.29 is 14.8 Å². The van der Waals surface area contributed by atoms with Gasteiger partial charge in [0.1, 0.15) is 5.75 Å². The Hall–Kier alpha value is -2.22. The molecule has 0 radical (unpaired) electrons. The molecule has 108 valence electrons. The summed E-state index contributed by atoms with van der Waals surface area (Å²) in [4.78, 5) is 21.8. The predicted octanol–water partition coefficient (Wildman–Crippen LogP) is 2.16. The molecule has 0 atom stereocenters. The number of nitro benzene ring substituents is 1. The maximum absolute atomic E-state index is 11.7. The molecule has 20 heavy (non-hydrogen) atoms. The van der Waals surface area contributed by atoms with Crippen LogP contribution in [0, 0.1) is 15.5 Å². The lowest BCUT2D eigenvalue weighted by Crippen LogP contribution is -2.41. The Morgan fingerprint density at radius 1 is 1.40 bits per heavy atom. The summed E-state index contributed by atoms with van der Waals surface area (Å²) in [7, 11) is 0. The van der Waals surface area contributed by atoms with E-state index in [0.717, 1.165) is 12.1 Å². The van der Waals surface area contributed by atoms with Crippen LogP contribution in [0.15, 0.2) is 18.2 Å². The fourth-order valence-electron chi connectivity index (χ4n) is 1.18. The molecule has 0 aliphatic heterocycles. The molecule has 0 unspecified atom stereocenters. The first-order valence-corrected chi connectivity index (χ1v) is 6.12. The van der Waals surface area contributed by atoms with Crippen molar-refractivity contribution in [1.29, 1.82) is 0 Å². The number of phenols is 1. The fraction of sp³-hybridized carbons (Fsp3) is 0.333. The van der Waals surface area contributed by atoms with Gasteiger partial charge in [-0.3, -0.25) is 14.9 Å². The highest BCUT2D eigenvalue weighted by molar-refractivity contribution is 7.80. The number of amides is 1. The summed E-state index contributed by atoms with van der Waals surface area (Å²) >= 11 is 4.93. The topological polar surface area (TPSA) is 104 Å². The van der Waals surface area contributed by atoms with Gasteiger partial charge in [0.15, 0.2) is 5.11 Å². The van der Waals surface area contributed by atoms with Gasteiger partial charge in [0.25, 0.3) is 5.69 Å². The Morgan fingerprint density at radius 2 is 2.00 bits per heavy atom. The number of benzene rings is 1. The number of phenolic OH excluding ortho intramolecular Hbond substituents is 1. The number of thiocarbonyl (C=S) groups is 1. The summed E-state index contributed by atoms with van der Waals surface area (Å²) in [5.41, 5.74) is -0.773. The first-order valence-electron chi connectivity index (χ1n) is 5.71. The lowest BCUT2D eigenvalue weighted by molar-refractivity contribution is -0.384. The largest absolute Gasteiger partial charge is 0.506 e. The van der Waals surface area contributed by atoms with E-state index in [1.165, 1.54) is 6.07 Å². The molecule has 0 aromatic heterocycles. The SMILES string of the molecule is CC(C)(C)C(=O)NC(=S)Nc1cc([N+](=O)[O-])ccc1O. The molecule has 0 fully saturated rings. The van der Waals surface area contributed by atoms with E-state index < -0.39 is 10.3 Å². The van der Waals surface area contributed by atoms with Crippen LogP contribution >= 0.6 is 12.2 Å². The Balaban J connectivity index is 2.83. The zero-order chi connectivity index (χ0) is 15.5. The highest BCUT2D eigenvalue weighted by atomic mass is 32.1. The number of nitro groups is 1. The average Bonchev–Trinajstić information content (AvgIpc) is 2.30. The van der Waals surface area contributed by atoms with Crippen molar-refractivity contribution in [2.45, 2.75) is 20.8 Å². The van der Waals surface area contributed by atoms with Crippen LogP contribution in [-0.4, -0.2) is 21.0 Å². The number of anilines is 1. The molecular weight excluding hydrogens is 282 g/mol. The molecule has 7 nitrogen and oxygen atoms in total. The molecular formula is C12H15N3O4S. The second-order valence-electron chi connectivity index (χ2n) is 5.12. The Kier molecular flexibility index (Phi) is 4.61. The minimum atomic E-state index is -0.629. The maximum Gasteiger partial charge on any atom is 0.271 e. The third-order valence-corrected chi connectivity index (χ3v) is 2.55. The van der Waals surface area contributed by atoms with Crippen LogP contribution in [0.4, 0.5) is 11.4 Å². The van der Waals surface area contributed by atoms with E-state index in [4.69, 9.17) is 12.2 Å². The number of rotatable bonds is 2. The molecule has 1 rings (SSSR count). The van der Waals surface area contributed by atoms with Crippen molar-refractivity contribution in [3.63, 3.8) is 0 Å². The summed E-state index contributed by atoms with van der Waals surface area (Å²) < 4.78 is 0. The zero-order valence-corrected chi connectivity index (χ0v) is 12.1. The first kappa shape index (κ1) is 15.8. The molecule has 8 heteroatoms. The van der Waals surface area contributed by atoms with Crippen molar-refractivity contribution in [2.75, 3.05) is 5.32 Å². The van der Waals surface area contributed by atoms with Crippen LogP contribution in [0.25, 0.3) is 0 Å². The number of nitrogens with one attached hydrogen (secondary N) is 2. The molecule has 1 amide bonds. The van der Waals surface area contributed by atoms with E-state index in [1.807, 2.05) is 0 Å². The molecule has 1 aromatic rings. The Morgan fingerprint density at radius 3 is 2.50 bits per heavy atom. The smallest absolute Gasteiger partial charge is 0.271 e. The molecule has 1 aromatic carbocycles. The summed E-state index contributed by atoms with van der Waals surface area (Å²) in [5.74, 6) is -0.511. The summed E-state index contributed by atoms with van der Waals surface area (Å²) in [6, 6.07) is 3.47. The standard InChI is InChI=1S/C12H15N3O4S/c1-12(2,3)10(17)14-11(20)13-8-6-7(15(18)19)4-5-9(8)16/h4-6,16H,1-3H3,(H2,13,14,17,20). The predicted molar refractivity (Wildman–Crippen MR) is 78.6 cm³/mol. The molecule has 0 aliphatic carbocycles. The minimum Gasteiger partial charge on any atom is -0.506 e. The second kappa shape index (κ2) is 5.83. The van der Waals surface area contributed by atoms with E-state index >= 15 is 0 Å². The van der Waals surface area contributed by atoms with Gasteiger partial charge in [-0.2, -0.15) is 0 Å². The number of non-ortho nitro benzene ring substituents is 1. The van der Waals surface area contributed by atoms with Crippen LogP contribution in [0.1, 0.15) is 20.8 Å². The van der Waals surface area contributed by atoms with E-state index in [2.05, 4.69) is 10.6 Å². The van der Waals surface area contributed by atoms with Gasteiger partial charge in [-0.15, -0.1) is 0 Å². The normalized spacial score (nSPS) is 10.8. The van der Waals surface area contributed by atoms with E-state index in [1.54, 1.807) is 20.8 Å². The molecule has 0 heterocycles. The van der Waals surface area contributed by atoms with Crippen molar-refractivity contribution in [1.82, 2.24) is 5.32 Å². The monoisotopic (exact) mass is 297 g/mol. The number of carbonyl (C=O) groups excluding carboxylic acids is 1. The molecule has 0 aliphatic rings. The molecule has 3 N–H and O–H groups in total. The van der Waals surface area contributed by atoms with Crippen LogP contribution in [0.5, 0.6) is 5.75 Å². The number of carbonyl (C=O) groups is 1.